The SMILES string of the molecule is CNC(C(=O)NC(C(=O)N(C)C(C=C(C)C(=O)NS(=O)(=O)c1c(C(C)C)cc(C(C)C)cc1C(C)C)C(C)C)C(C)(C)C)C(C)(C)c1ccccc1. The summed E-state index contributed by atoms with van der Waals surface area (Å²) in [6, 6.07) is 11.5. The Morgan fingerprint density at radius 1 is 0.788 bits per heavy atom. The summed E-state index contributed by atoms with van der Waals surface area (Å²) in [5, 5.41) is 6.21. The van der Waals surface area contributed by atoms with E-state index < -0.39 is 44.9 Å². The maximum absolute atomic E-state index is 14.3. The van der Waals surface area contributed by atoms with E-state index in [-0.39, 0.29) is 46.0 Å². The minimum atomic E-state index is -4.25. The third kappa shape index (κ3) is 10.6. The molecule has 0 radical (unpaired) electrons. The standard InChI is InChI=1S/C42H66N4O5S/c1-25(2)30-23-32(26(3)4)35(33(24-30)27(5)6)52(50,51)45-38(47)29(9)22-34(28(7)8)46(16)40(49)37(41(10,11)12)44-39(48)36(43-15)42(13,14)31-20-18-17-19-21-31/h17-28,34,36-37,43H,1-16H3,(H,44,48)(H,45,47). The van der Waals surface area contributed by atoms with Gasteiger partial charge in [-0.3, -0.25) is 14.4 Å². The van der Waals surface area contributed by atoms with Gasteiger partial charge in [-0.05, 0) is 65.3 Å². The summed E-state index contributed by atoms with van der Waals surface area (Å²) in [4.78, 5) is 43.6. The third-order valence-corrected chi connectivity index (χ3v) is 11.5. The highest BCUT2D eigenvalue weighted by Gasteiger charge is 2.42. The van der Waals surface area contributed by atoms with Crippen molar-refractivity contribution in [2.24, 2.45) is 11.3 Å². The predicted octanol–water partition coefficient (Wildman–Crippen LogP) is 7.39. The van der Waals surface area contributed by atoms with Crippen molar-refractivity contribution in [2.75, 3.05) is 14.1 Å². The Hall–Kier alpha value is -3.50. The smallest absolute Gasteiger partial charge is 0.264 e. The first kappa shape index (κ1) is 44.7. The number of rotatable bonds is 15. The van der Waals surface area contributed by atoms with E-state index in [9.17, 15) is 22.8 Å². The van der Waals surface area contributed by atoms with Crippen LogP contribution in [0.1, 0.15) is 137 Å². The monoisotopic (exact) mass is 738 g/mol. The molecule has 2 aromatic rings. The molecule has 2 rings (SSSR count). The topological polar surface area (TPSA) is 125 Å². The van der Waals surface area contributed by atoms with Gasteiger partial charge in [0.1, 0.15) is 6.04 Å². The molecule has 0 aromatic heterocycles. The van der Waals surface area contributed by atoms with E-state index in [1.165, 1.54) is 0 Å². The zero-order valence-electron chi connectivity index (χ0n) is 34.6. The van der Waals surface area contributed by atoms with Crippen molar-refractivity contribution in [1.29, 1.82) is 0 Å². The molecule has 0 aliphatic rings. The molecule has 3 N–H and O–H groups in total. The molecule has 9 nitrogen and oxygen atoms in total. The number of hydrogen-bond donors (Lipinski definition) is 3. The second-order valence-corrected chi connectivity index (χ2v) is 18.7. The van der Waals surface area contributed by atoms with Crippen LogP contribution in [-0.4, -0.2) is 63.3 Å². The number of nitrogens with one attached hydrogen (secondary N) is 3. The second-order valence-electron chi connectivity index (χ2n) is 17.1. The summed E-state index contributed by atoms with van der Waals surface area (Å²) < 4.78 is 30.4. The summed E-state index contributed by atoms with van der Waals surface area (Å²) >= 11 is 0. The second kappa shape index (κ2) is 17.5. The Kier molecular flexibility index (Phi) is 15.1. The molecule has 3 unspecified atom stereocenters. The van der Waals surface area contributed by atoms with Gasteiger partial charge in [-0.2, -0.15) is 0 Å². The molecule has 0 bridgehead atoms. The highest BCUT2D eigenvalue weighted by atomic mass is 32.2. The molecule has 0 heterocycles. The molecule has 3 atom stereocenters. The normalized spacial score (nSPS) is 14.8. The maximum Gasteiger partial charge on any atom is 0.264 e. The lowest BCUT2D eigenvalue weighted by molar-refractivity contribution is -0.140. The first-order valence-corrected chi connectivity index (χ1v) is 20.0. The van der Waals surface area contributed by atoms with Gasteiger partial charge in [-0.1, -0.05) is 139 Å². The number of carbonyl (C=O) groups excluding carboxylic acids is 3. The molecule has 2 aromatic carbocycles. The van der Waals surface area contributed by atoms with Gasteiger partial charge < -0.3 is 15.5 Å². The van der Waals surface area contributed by atoms with Gasteiger partial charge in [0.2, 0.25) is 11.8 Å². The van der Waals surface area contributed by atoms with E-state index in [0.29, 0.717) is 11.1 Å². The van der Waals surface area contributed by atoms with Gasteiger partial charge in [0.25, 0.3) is 15.9 Å². The van der Waals surface area contributed by atoms with E-state index >= 15 is 0 Å². The first-order valence-electron chi connectivity index (χ1n) is 18.5. The van der Waals surface area contributed by atoms with Crippen molar-refractivity contribution in [3.8, 4) is 0 Å². The van der Waals surface area contributed by atoms with Crippen molar-refractivity contribution in [1.82, 2.24) is 20.3 Å². The molecular weight excluding hydrogens is 673 g/mol. The molecule has 10 heteroatoms. The number of benzene rings is 2. The Morgan fingerprint density at radius 2 is 1.29 bits per heavy atom. The summed E-state index contributed by atoms with van der Waals surface area (Å²) in [5.41, 5.74) is 2.29. The van der Waals surface area contributed by atoms with Crippen LogP contribution in [0.3, 0.4) is 0 Å². The lowest BCUT2D eigenvalue weighted by atomic mass is 9.76. The molecule has 0 spiro atoms. The van der Waals surface area contributed by atoms with Crippen molar-refractivity contribution in [2.45, 2.75) is 143 Å². The van der Waals surface area contributed by atoms with Crippen LogP contribution in [0.15, 0.2) is 59.0 Å². The maximum atomic E-state index is 14.3. The van der Waals surface area contributed by atoms with Crippen LogP contribution in [0.25, 0.3) is 0 Å². The van der Waals surface area contributed by atoms with E-state index in [0.717, 1.165) is 11.1 Å². The minimum absolute atomic E-state index is 0.0939. The van der Waals surface area contributed by atoms with Gasteiger partial charge >= 0.3 is 0 Å². The molecular formula is C42H66N4O5S. The largest absolute Gasteiger partial charge is 0.342 e. The van der Waals surface area contributed by atoms with E-state index in [1.54, 1.807) is 32.0 Å². The average molecular weight is 739 g/mol. The van der Waals surface area contributed by atoms with Crippen molar-refractivity contribution in [3.05, 3.63) is 76.4 Å². The van der Waals surface area contributed by atoms with Crippen molar-refractivity contribution in [3.63, 3.8) is 0 Å². The molecule has 0 aliphatic heterocycles. The highest BCUT2D eigenvalue weighted by Crippen LogP contribution is 2.35. The van der Waals surface area contributed by atoms with Gasteiger partial charge in [0.05, 0.1) is 17.0 Å². The molecule has 0 saturated carbocycles. The Morgan fingerprint density at radius 3 is 1.69 bits per heavy atom. The highest BCUT2D eigenvalue weighted by molar-refractivity contribution is 7.90. The number of carbonyl (C=O) groups is 3. The van der Waals surface area contributed by atoms with Crippen LogP contribution in [-0.2, 0) is 29.8 Å². The average Bonchev–Trinajstić information content (AvgIpc) is 3.04. The Labute approximate surface area is 314 Å². The molecule has 3 amide bonds. The van der Waals surface area contributed by atoms with Crippen LogP contribution in [0.5, 0.6) is 0 Å². The molecule has 290 valence electrons. The number of amides is 3. The van der Waals surface area contributed by atoms with Gasteiger partial charge in [-0.25, -0.2) is 13.1 Å². The molecule has 0 aliphatic carbocycles. The number of sulfonamides is 1. The van der Waals surface area contributed by atoms with Gasteiger partial charge in [-0.15, -0.1) is 0 Å². The van der Waals surface area contributed by atoms with Crippen LogP contribution >= 0.6 is 0 Å². The zero-order chi connectivity index (χ0) is 40.1. The first-order chi connectivity index (χ1) is 23.8. The van der Waals surface area contributed by atoms with Crippen molar-refractivity contribution < 1.29 is 22.8 Å². The minimum Gasteiger partial charge on any atom is -0.342 e. The van der Waals surface area contributed by atoms with Crippen molar-refractivity contribution >= 4 is 27.7 Å². The summed E-state index contributed by atoms with van der Waals surface area (Å²) in [5.74, 6) is -1.51. The summed E-state index contributed by atoms with van der Waals surface area (Å²) in [6.07, 6.45) is 1.64. The van der Waals surface area contributed by atoms with Crippen LogP contribution in [0.4, 0.5) is 0 Å². The number of likely N-dealkylation sites (N-methyl/N-ethyl adjacent to an activating group) is 2. The molecule has 0 saturated heterocycles. The van der Waals surface area contributed by atoms with Crippen LogP contribution < -0.4 is 15.4 Å². The fourth-order valence-electron chi connectivity index (χ4n) is 6.62. The van der Waals surface area contributed by atoms with Crippen LogP contribution in [0, 0.1) is 11.3 Å². The number of hydrogen-bond acceptors (Lipinski definition) is 6. The summed E-state index contributed by atoms with van der Waals surface area (Å²) in [6.45, 7) is 27.0. The molecule has 52 heavy (non-hydrogen) atoms. The lowest BCUT2D eigenvalue weighted by Gasteiger charge is -2.40. The predicted molar refractivity (Wildman–Crippen MR) is 213 cm³/mol. The quantitative estimate of drug-likeness (QED) is 0.164. The van der Waals surface area contributed by atoms with Crippen LogP contribution in [0.2, 0.25) is 0 Å². The third-order valence-electron chi connectivity index (χ3n) is 10.0. The van der Waals surface area contributed by atoms with E-state index in [2.05, 4.69) is 29.2 Å². The van der Waals surface area contributed by atoms with Gasteiger partial charge in [0.15, 0.2) is 0 Å². The molecule has 0 fully saturated rings. The Balaban J connectivity index is 2.47. The lowest BCUT2D eigenvalue weighted by Crippen LogP contribution is -2.61. The Bertz CT molecular complexity index is 1670. The fraction of sp³-hybridized carbons (Fsp3) is 0.595. The summed E-state index contributed by atoms with van der Waals surface area (Å²) in [7, 11) is -0.869. The fourth-order valence-corrected chi connectivity index (χ4v) is 8.33. The van der Waals surface area contributed by atoms with E-state index in [4.69, 9.17) is 0 Å². The zero-order valence-corrected chi connectivity index (χ0v) is 35.4. The van der Waals surface area contributed by atoms with Gasteiger partial charge in [0, 0.05) is 18.0 Å². The van der Waals surface area contributed by atoms with E-state index in [1.807, 2.05) is 119 Å². The number of nitrogens with zero attached hydrogens (tertiary/aromatic N) is 1.